The SMILES string of the molecule is CCc1nn2ccc(C#Cc3cnn(C)c3)c2c(=O)n1-c1ccccc1.NC(=O)c1c(N)ncn2ccnc12. The van der Waals surface area contributed by atoms with E-state index >= 15 is 0 Å². The number of para-hydroxylation sites is 1. The molecule has 1 aromatic carbocycles. The Bertz CT molecular complexity index is 1930. The quantitative estimate of drug-likeness (QED) is 0.336. The number of hydrogen-bond acceptors (Lipinski definition) is 7. The predicted molar refractivity (Wildman–Crippen MR) is 145 cm³/mol. The van der Waals surface area contributed by atoms with Crippen molar-refractivity contribution in [1.29, 1.82) is 0 Å². The molecule has 194 valence electrons. The van der Waals surface area contributed by atoms with Gasteiger partial charge in [0.2, 0.25) is 0 Å². The smallest absolute Gasteiger partial charge is 0.283 e. The van der Waals surface area contributed by atoms with Gasteiger partial charge in [-0.1, -0.05) is 37.0 Å². The third kappa shape index (κ3) is 4.84. The van der Waals surface area contributed by atoms with Crippen molar-refractivity contribution in [3.63, 3.8) is 0 Å². The van der Waals surface area contributed by atoms with Crippen LogP contribution in [0.25, 0.3) is 16.9 Å². The first-order chi connectivity index (χ1) is 18.9. The van der Waals surface area contributed by atoms with Crippen molar-refractivity contribution in [2.75, 3.05) is 5.73 Å². The molecule has 0 saturated heterocycles. The highest BCUT2D eigenvalue weighted by molar-refractivity contribution is 6.02. The summed E-state index contributed by atoms with van der Waals surface area (Å²) >= 11 is 0. The molecule has 0 spiro atoms. The van der Waals surface area contributed by atoms with Crippen LogP contribution in [-0.4, -0.2) is 44.2 Å². The topological polar surface area (TPSA) is 156 Å². The van der Waals surface area contributed by atoms with Crippen molar-refractivity contribution in [1.82, 2.24) is 38.3 Å². The van der Waals surface area contributed by atoms with Gasteiger partial charge in [-0.05, 0) is 18.2 Å². The normalized spacial score (nSPS) is 10.6. The van der Waals surface area contributed by atoms with E-state index < -0.39 is 5.91 Å². The first-order valence-electron chi connectivity index (χ1n) is 11.9. The summed E-state index contributed by atoms with van der Waals surface area (Å²) in [5, 5.41) is 8.71. The number of aryl methyl sites for hydroxylation is 2. The Morgan fingerprint density at radius 1 is 1.08 bits per heavy atom. The first-order valence-corrected chi connectivity index (χ1v) is 11.9. The largest absolute Gasteiger partial charge is 0.383 e. The number of fused-ring (bicyclic) bond motifs is 2. The third-order valence-electron chi connectivity index (χ3n) is 5.85. The van der Waals surface area contributed by atoms with Crippen molar-refractivity contribution in [2.45, 2.75) is 13.3 Å². The fraction of sp³-hybridized carbons (Fsp3) is 0.111. The maximum absolute atomic E-state index is 13.2. The molecule has 0 radical (unpaired) electrons. The molecule has 39 heavy (non-hydrogen) atoms. The van der Waals surface area contributed by atoms with Crippen molar-refractivity contribution in [2.24, 2.45) is 12.8 Å². The fourth-order valence-corrected chi connectivity index (χ4v) is 4.05. The molecule has 0 saturated carbocycles. The van der Waals surface area contributed by atoms with Crippen LogP contribution in [-0.2, 0) is 13.5 Å². The summed E-state index contributed by atoms with van der Waals surface area (Å²) in [5.74, 6) is 6.31. The van der Waals surface area contributed by atoms with Crippen LogP contribution in [0.2, 0.25) is 0 Å². The Labute approximate surface area is 222 Å². The molecule has 12 nitrogen and oxygen atoms in total. The number of nitrogens with two attached hydrogens (primary N) is 2. The van der Waals surface area contributed by atoms with Gasteiger partial charge in [0.05, 0.1) is 23.0 Å². The van der Waals surface area contributed by atoms with Crippen LogP contribution in [0.3, 0.4) is 0 Å². The lowest BCUT2D eigenvalue weighted by Gasteiger charge is -2.11. The fourth-order valence-electron chi connectivity index (χ4n) is 4.05. The van der Waals surface area contributed by atoms with E-state index in [4.69, 9.17) is 11.5 Å². The van der Waals surface area contributed by atoms with Gasteiger partial charge in [0, 0.05) is 38.3 Å². The number of amides is 1. The Kier molecular flexibility index (Phi) is 6.63. The molecule has 0 atom stereocenters. The molecule has 0 aliphatic carbocycles. The van der Waals surface area contributed by atoms with Gasteiger partial charge < -0.3 is 11.5 Å². The van der Waals surface area contributed by atoms with Crippen LogP contribution in [0.1, 0.15) is 34.2 Å². The molecule has 5 heterocycles. The monoisotopic (exact) mass is 520 g/mol. The lowest BCUT2D eigenvalue weighted by molar-refractivity contribution is 0.100. The van der Waals surface area contributed by atoms with Crippen LogP contribution in [0, 0.1) is 11.8 Å². The second-order valence-electron chi connectivity index (χ2n) is 8.45. The van der Waals surface area contributed by atoms with Gasteiger partial charge in [-0.25, -0.2) is 14.5 Å². The van der Waals surface area contributed by atoms with E-state index in [0.717, 1.165) is 11.3 Å². The number of benzene rings is 1. The molecule has 1 amide bonds. The first kappa shape index (κ1) is 25.0. The predicted octanol–water partition coefficient (Wildman–Crippen LogP) is 1.59. The zero-order valence-corrected chi connectivity index (χ0v) is 21.2. The Hall–Kier alpha value is -5.70. The number of rotatable bonds is 3. The third-order valence-corrected chi connectivity index (χ3v) is 5.85. The summed E-state index contributed by atoms with van der Waals surface area (Å²) in [6, 6.07) is 11.4. The summed E-state index contributed by atoms with van der Waals surface area (Å²) in [7, 11) is 1.84. The standard InChI is InChI=1S/C20H17N5O.C7H7N5O/c1-3-18-22-24-12-11-16(10-9-15-13-21-23(2)14-15)19(24)20(26)25(18)17-7-5-4-6-8-17;8-5-4(6(9)13)7-10-1-2-12(7)3-11-5/h4-8,11-14H,3H2,1-2H3;1-3H,8H2,(H2,9,13). The molecule has 4 N–H and O–H groups in total. The number of carbonyl (C=O) groups is 1. The highest BCUT2D eigenvalue weighted by atomic mass is 16.1. The van der Waals surface area contributed by atoms with Gasteiger partial charge in [0.25, 0.3) is 11.5 Å². The van der Waals surface area contributed by atoms with E-state index in [9.17, 15) is 9.59 Å². The number of aromatic nitrogens is 8. The Morgan fingerprint density at radius 2 is 1.87 bits per heavy atom. The van der Waals surface area contributed by atoms with E-state index in [-0.39, 0.29) is 16.9 Å². The van der Waals surface area contributed by atoms with Gasteiger partial charge in [0.15, 0.2) is 5.65 Å². The molecule has 12 heteroatoms. The molecule has 0 aliphatic heterocycles. The number of nitrogen functional groups attached to an aromatic ring is 1. The summed E-state index contributed by atoms with van der Waals surface area (Å²) in [4.78, 5) is 32.0. The molecular weight excluding hydrogens is 496 g/mol. The number of primary amides is 1. The van der Waals surface area contributed by atoms with E-state index in [1.165, 1.54) is 6.33 Å². The van der Waals surface area contributed by atoms with Crippen LogP contribution in [0.15, 0.2) is 78.5 Å². The van der Waals surface area contributed by atoms with Crippen LogP contribution < -0.4 is 17.0 Å². The summed E-state index contributed by atoms with van der Waals surface area (Å²) in [5.41, 5.74) is 13.8. The lowest BCUT2D eigenvalue weighted by atomic mass is 10.2. The van der Waals surface area contributed by atoms with Crippen LogP contribution in [0.4, 0.5) is 5.82 Å². The van der Waals surface area contributed by atoms with E-state index in [1.807, 2.05) is 56.6 Å². The minimum absolute atomic E-state index is 0.103. The van der Waals surface area contributed by atoms with Gasteiger partial charge in [-0.3, -0.25) is 23.2 Å². The molecule has 0 unspecified atom stereocenters. The summed E-state index contributed by atoms with van der Waals surface area (Å²) in [6.07, 6.45) is 10.6. The van der Waals surface area contributed by atoms with E-state index in [2.05, 4.69) is 32.0 Å². The number of nitrogens with zero attached hydrogens (tertiary/aromatic N) is 8. The minimum Gasteiger partial charge on any atom is -0.383 e. The van der Waals surface area contributed by atoms with Gasteiger partial charge in [-0.15, -0.1) is 0 Å². The average molecular weight is 521 g/mol. The Balaban J connectivity index is 0.000000198. The molecule has 0 aliphatic rings. The number of anilines is 1. The second-order valence-corrected chi connectivity index (χ2v) is 8.45. The van der Waals surface area contributed by atoms with E-state index in [1.54, 1.807) is 43.0 Å². The van der Waals surface area contributed by atoms with Crippen molar-refractivity contribution in [3.05, 3.63) is 107 Å². The summed E-state index contributed by atoms with van der Waals surface area (Å²) < 4.78 is 6.55. The molecule has 5 aromatic heterocycles. The van der Waals surface area contributed by atoms with Crippen LogP contribution in [0.5, 0.6) is 0 Å². The lowest BCUT2D eigenvalue weighted by Crippen LogP contribution is -2.26. The van der Waals surface area contributed by atoms with Crippen molar-refractivity contribution < 1.29 is 4.79 Å². The van der Waals surface area contributed by atoms with Crippen molar-refractivity contribution in [3.8, 4) is 17.5 Å². The zero-order valence-electron chi connectivity index (χ0n) is 21.2. The highest BCUT2D eigenvalue weighted by Gasteiger charge is 2.15. The van der Waals surface area contributed by atoms with E-state index in [0.29, 0.717) is 29.0 Å². The number of imidazole rings is 1. The van der Waals surface area contributed by atoms with Gasteiger partial charge in [0.1, 0.15) is 29.0 Å². The maximum Gasteiger partial charge on any atom is 0.283 e. The highest BCUT2D eigenvalue weighted by Crippen LogP contribution is 2.14. The van der Waals surface area contributed by atoms with Gasteiger partial charge >= 0.3 is 0 Å². The molecule has 0 bridgehead atoms. The van der Waals surface area contributed by atoms with Crippen molar-refractivity contribution >= 4 is 22.9 Å². The Morgan fingerprint density at radius 3 is 2.56 bits per heavy atom. The van der Waals surface area contributed by atoms with Gasteiger partial charge in [-0.2, -0.15) is 10.2 Å². The molecule has 6 aromatic rings. The number of hydrogen-bond donors (Lipinski definition) is 2. The molecule has 0 fully saturated rings. The minimum atomic E-state index is -0.623. The van der Waals surface area contributed by atoms with Crippen LogP contribution >= 0.6 is 0 Å². The molecular formula is C27H24N10O2. The molecule has 6 rings (SSSR count). The zero-order chi connectivity index (χ0) is 27.5. The number of carbonyl (C=O) groups excluding carboxylic acids is 1. The maximum atomic E-state index is 13.2. The second kappa shape index (κ2) is 10.3. The summed E-state index contributed by atoms with van der Waals surface area (Å²) in [6.45, 7) is 1.99. The average Bonchev–Trinajstić information content (AvgIpc) is 3.67.